The van der Waals surface area contributed by atoms with Crippen LogP contribution in [0.3, 0.4) is 0 Å². The summed E-state index contributed by atoms with van der Waals surface area (Å²) >= 11 is 6.39. The summed E-state index contributed by atoms with van der Waals surface area (Å²) < 4.78 is 34.0. The van der Waals surface area contributed by atoms with Gasteiger partial charge in [-0.3, -0.25) is 0 Å². The summed E-state index contributed by atoms with van der Waals surface area (Å²) in [6.45, 7) is 1.78. The van der Waals surface area contributed by atoms with Crippen molar-refractivity contribution in [3.63, 3.8) is 0 Å². The molecule has 0 N–H and O–H groups in total. The van der Waals surface area contributed by atoms with Gasteiger partial charge in [-0.1, -0.05) is 66.2 Å². The number of hydrogen-bond acceptors (Lipinski definition) is 4. The van der Waals surface area contributed by atoms with Crippen molar-refractivity contribution in [2.45, 2.75) is 24.3 Å². The Morgan fingerprint density at radius 2 is 1.67 bits per heavy atom. The Morgan fingerprint density at radius 1 is 1.00 bits per heavy atom. The van der Waals surface area contributed by atoms with Crippen LogP contribution in [0.4, 0.5) is 0 Å². The van der Waals surface area contributed by atoms with E-state index < -0.39 is 16.1 Å². The first kappa shape index (κ1) is 20.4. The second kappa shape index (κ2) is 8.13. The van der Waals surface area contributed by atoms with Crippen molar-refractivity contribution in [3.05, 3.63) is 94.5 Å². The largest absolute Gasteiger partial charge is 0.496 e. The van der Waals surface area contributed by atoms with E-state index in [1.165, 1.54) is 4.41 Å². The minimum atomic E-state index is -3.90. The third-order valence-electron chi connectivity index (χ3n) is 5.17. The zero-order valence-corrected chi connectivity index (χ0v) is 18.2. The SMILES string of the molecule is COc1ccccc1[C@H]1CC(c2ccccc2Cl)=NN1S(=O)(=O)c1ccccc1C. The van der Waals surface area contributed by atoms with Gasteiger partial charge in [-0.05, 0) is 30.7 Å². The van der Waals surface area contributed by atoms with E-state index in [1.54, 1.807) is 38.3 Å². The first-order valence-corrected chi connectivity index (χ1v) is 11.3. The van der Waals surface area contributed by atoms with Gasteiger partial charge in [-0.25, -0.2) is 0 Å². The van der Waals surface area contributed by atoms with Crippen LogP contribution in [-0.2, 0) is 10.0 Å². The first-order valence-electron chi connectivity index (χ1n) is 9.49. The van der Waals surface area contributed by atoms with Crippen molar-refractivity contribution in [2.75, 3.05) is 7.11 Å². The van der Waals surface area contributed by atoms with E-state index in [-0.39, 0.29) is 4.90 Å². The Balaban J connectivity index is 1.88. The lowest BCUT2D eigenvalue weighted by Gasteiger charge is -2.25. The second-order valence-corrected chi connectivity index (χ2v) is 9.20. The molecule has 0 aliphatic carbocycles. The van der Waals surface area contributed by atoms with Gasteiger partial charge in [0, 0.05) is 22.6 Å². The van der Waals surface area contributed by atoms with Crippen molar-refractivity contribution < 1.29 is 13.2 Å². The maximum absolute atomic E-state index is 13.6. The monoisotopic (exact) mass is 440 g/mol. The van der Waals surface area contributed by atoms with Crippen molar-refractivity contribution >= 4 is 27.3 Å². The molecule has 3 aromatic rings. The maximum atomic E-state index is 13.6. The molecular formula is C23H21ClN2O3S. The highest BCUT2D eigenvalue weighted by molar-refractivity contribution is 7.89. The van der Waals surface area contributed by atoms with Crippen molar-refractivity contribution in [1.29, 1.82) is 0 Å². The summed E-state index contributed by atoms with van der Waals surface area (Å²) in [7, 11) is -2.33. The van der Waals surface area contributed by atoms with Crippen LogP contribution in [0.15, 0.2) is 82.8 Å². The summed E-state index contributed by atoms with van der Waals surface area (Å²) in [4.78, 5) is 0.231. The van der Waals surface area contributed by atoms with E-state index in [4.69, 9.17) is 16.3 Å². The van der Waals surface area contributed by atoms with Crippen LogP contribution in [0.25, 0.3) is 0 Å². The molecule has 1 aliphatic heterocycles. The summed E-state index contributed by atoms with van der Waals surface area (Å²) in [5, 5.41) is 5.10. The summed E-state index contributed by atoms with van der Waals surface area (Å²) in [5.41, 5.74) is 2.76. The quantitative estimate of drug-likeness (QED) is 0.548. The van der Waals surface area contributed by atoms with Gasteiger partial charge in [0.15, 0.2) is 0 Å². The van der Waals surface area contributed by atoms with Crippen LogP contribution in [0.2, 0.25) is 5.02 Å². The molecule has 0 bridgehead atoms. The average molecular weight is 441 g/mol. The Kier molecular flexibility index (Phi) is 5.54. The highest BCUT2D eigenvalue weighted by atomic mass is 35.5. The minimum absolute atomic E-state index is 0.231. The molecule has 3 aromatic carbocycles. The van der Waals surface area contributed by atoms with E-state index in [0.29, 0.717) is 28.5 Å². The molecule has 4 rings (SSSR count). The van der Waals surface area contributed by atoms with Crippen molar-refractivity contribution in [1.82, 2.24) is 4.41 Å². The predicted octanol–water partition coefficient (Wildman–Crippen LogP) is 5.20. The van der Waals surface area contributed by atoms with Gasteiger partial charge in [-0.2, -0.15) is 17.9 Å². The van der Waals surface area contributed by atoms with Gasteiger partial charge >= 0.3 is 0 Å². The van der Waals surface area contributed by atoms with E-state index in [9.17, 15) is 8.42 Å². The van der Waals surface area contributed by atoms with Crippen molar-refractivity contribution in [2.24, 2.45) is 5.10 Å². The van der Waals surface area contributed by atoms with Crippen LogP contribution < -0.4 is 4.74 Å². The lowest BCUT2D eigenvalue weighted by molar-refractivity contribution is 0.350. The zero-order valence-electron chi connectivity index (χ0n) is 16.6. The van der Waals surface area contributed by atoms with E-state index >= 15 is 0 Å². The summed E-state index contributed by atoms with van der Waals surface area (Å²) in [5.74, 6) is 0.614. The predicted molar refractivity (Wildman–Crippen MR) is 119 cm³/mol. The van der Waals surface area contributed by atoms with Gasteiger partial charge in [0.25, 0.3) is 10.0 Å². The average Bonchev–Trinajstić information content (AvgIpc) is 3.20. The molecule has 0 aromatic heterocycles. The molecule has 0 spiro atoms. The van der Waals surface area contributed by atoms with Crippen LogP contribution in [0, 0.1) is 6.92 Å². The Hall–Kier alpha value is -2.83. The molecule has 0 unspecified atom stereocenters. The van der Waals surface area contributed by atoms with E-state index in [2.05, 4.69) is 5.10 Å². The molecule has 1 aliphatic rings. The van der Waals surface area contributed by atoms with Crippen LogP contribution in [0.5, 0.6) is 5.75 Å². The molecular weight excluding hydrogens is 420 g/mol. The third-order valence-corrected chi connectivity index (χ3v) is 7.35. The van der Waals surface area contributed by atoms with E-state index in [1.807, 2.05) is 48.5 Å². The number of methoxy groups -OCH3 is 1. The molecule has 1 atom stereocenters. The molecule has 154 valence electrons. The molecule has 0 radical (unpaired) electrons. The van der Waals surface area contributed by atoms with Gasteiger partial charge in [0.1, 0.15) is 5.75 Å². The molecule has 0 amide bonds. The highest BCUT2D eigenvalue weighted by Crippen LogP contribution is 2.41. The maximum Gasteiger partial charge on any atom is 0.279 e. The molecule has 0 saturated carbocycles. The number of para-hydroxylation sites is 1. The normalized spacial score (nSPS) is 16.4. The number of benzene rings is 3. The number of hydrazone groups is 1. The van der Waals surface area contributed by atoms with Crippen molar-refractivity contribution in [3.8, 4) is 5.75 Å². The van der Waals surface area contributed by atoms with Crippen LogP contribution >= 0.6 is 11.6 Å². The molecule has 1 heterocycles. The number of sulfonamides is 1. The highest BCUT2D eigenvalue weighted by Gasteiger charge is 2.39. The second-order valence-electron chi connectivity index (χ2n) is 7.03. The molecule has 0 saturated heterocycles. The van der Waals surface area contributed by atoms with Crippen LogP contribution in [-0.4, -0.2) is 25.7 Å². The van der Waals surface area contributed by atoms with Gasteiger partial charge in [0.2, 0.25) is 0 Å². The van der Waals surface area contributed by atoms with Crippen LogP contribution in [0.1, 0.15) is 29.2 Å². The Bertz CT molecular complexity index is 1220. The molecule has 7 heteroatoms. The van der Waals surface area contributed by atoms with Gasteiger partial charge < -0.3 is 4.74 Å². The summed E-state index contributed by atoms with van der Waals surface area (Å²) in [6, 6.07) is 21.1. The fraction of sp³-hybridized carbons (Fsp3) is 0.174. The smallest absolute Gasteiger partial charge is 0.279 e. The lowest BCUT2D eigenvalue weighted by atomic mass is 9.98. The topological polar surface area (TPSA) is 59.0 Å². The number of ether oxygens (including phenoxy) is 1. The zero-order chi connectivity index (χ0) is 21.3. The van der Waals surface area contributed by atoms with Gasteiger partial charge in [0.05, 0.1) is 23.8 Å². The minimum Gasteiger partial charge on any atom is -0.496 e. The number of halogens is 1. The fourth-order valence-electron chi connectivity index (χ4n) is 3.69. The lowest BCUT2D eigenvalue weighted by Crippen LogP contribution is -2.28. The fourth-order valence-corrected chi connectivity index (χ4v) is 5.59. The number of hydrogen-bond donors (Lipinski definition) is 0. The Labute approximate surface area is 181 Å². The number of aryl methyl sites for hydroxylation is 1. The van der Waals surface area contributed by atoms with E-state index in [0.717, 1.165) is 11.1 Å². The third kappa shape index (κ3) is 3.57. The van der Waals surface area contributed by atoms with Gasteiger partial charge in [-0.15, -0.1) is 0 Å². The Morgan fingerprint density at radius 3 is 2.40 bits per heavy atom. The molecule has 30 heavy (non-hydrogen) atoms. The number of rotatable bonds is 5. The number of nitrogens with zero attached hydrogens (tertiary/aromatic N) is 2. The molecule has 5 nitrogen and oxygen atoms in total. The standard InChI is InChI=1S/C23H21ClN2O3S/c1-16-9-3-8-14-23(16)30(27,28)26-21(18-11-5-7-13-22(18)29-2)15-20(25-26)17-10-4-6-12-19(17)24/h3-14,21H,15H2,1-2H3/t21-/m1/s1. The summed E-state index contributed by atoms with van der Waals surface area (Å²) in [6.07, 6.45) is 0.384. The first-order chi connectivity index (χ1) is 14.4. The molecule has 0 fully saturated rings.